The summed E-state index contributed by atoms with van der Waals surface area (Å²) in [6.45, 7) is 1.99. The van der Waals surface area contributed by atoms with Crippen LogP contribution in [0.5, 0.6) is 0 Å². The SMILES string of the molecule is CC1C2C=CC(C2)C1[N+](=O)[O-]. The van der Waals surface area contributed by atoms with Gasteiger partial charge >= 0.3 is 0 Å². The van der Waals surface area contributed by atoms with Crippen LogP contribution in [-0.4, -0.2) is 11.0 Å². The molecule has 2 aliphatic carbocycles. The van der Waals surface area contributed by atoms with Gasteiger partial charge in [0.05, 0.1) is 0 Å². The van der Waals surface area contributed by atoms with Crippen LogP contribution in [0.3, 0.4) is 0 Å². The quantitative estimate of drug-likeness (QED) is 0.325. The molecule has 0 aromatic rings. The van der Waals surface area contributed by atoms with Crippen LogP contribution in [0, 0.1) is 27.9 Å². The van der Waals surface area contributed by atoms with E-state index in [1.54, 1.807) is 0 Å². The lowest BCUT2D eigenvalue weighted by Crippen LogP contribution is -2.30. The smallest absolute Gasteiger partial charge is 0.222 e. The van der Waals surface area contributed by atoms with Crippen molar-refractivity contribution in [2.24, 2.45) is 17.8 Å². The summed E-state index contributed by atoms with van der Waals surface area (Å²) < 4.78 is 0. The molecule has 1 saturated carbocycles. The van der Waals surface area contributed by atoms with Crippen molar-refractivity contribution in [1.82, 2.24) is 0 Å². The van der Waals surface area contributed by atoms with Crippen LogP contribution < -0.4 is 0 Å². The molecule has 0 aromatic heterocycles. The largest absolute Gasteiger partial charge is 0.264 e. The lowest BCUT2D eigenvalue weighted by molar-refractivity contribution is -0.534. The van der Waals surface area contributed by atoms with E-state index in [1.807, 2.05) is 13.0 Å². The van der Waals surface area contributed by atoms with Crippen LogP contribution in [0.2, 0.25) is 0 Å². The molecule has 4 unspecified atom stereocenters. The van der Waals surface area contributed by atoms with Gasteiger partial charge in [-0.25, -0.2) is 0 Å². The normalized spacial score (nSPS) is 46.6. The van der Waals surface area contributed by atoms with Crippen LogP contribution in [0.15, 0.2) is 12.2 Å². The third kappa shape index (κ3) is 0.800. The molecular weight excluding hydrogens is 142 g/mol. The van der Waals surface area contributed by atoms with Gasteiger partial charge in [0.15, 0.2) is 0 Å². The average Bonchev–Trinajstić information content (AvgIpc) is 2.44. The molecule has 3 heteroatoms. The molecule has 0 saturated heterocycles. The van der Waals surface area contributed by atoms with Crippen molar-refractivity contribution in [2.45, 2.75) is 19.4 Å². The van der Waals surface area contributed by atoms with E-state index < -0.39 is 0 Å². The van der Waals surface area contributed by atoms with Gasteiger partial charge in [-0.3, -0.25) is 10.1 Å². The Bertz CT molecular complexity index is 224. The Balaban J connectivity index is 2.25. The lowest BCUT2D eigenvalue weighted by atomic mass is 9.91. The monoisotopic (exact) mass is 153 g/mol. The third-order valence-electron chi connectivity index (χ3n) is 3.05. The number of rotatable bonds is 1. The van der Waals surface area contributed by atoms with Gasteiger partial charge < -0.3 is 0 Å². The summed E-state index contributed by atoms with van der Waals surface area (Å²) in [5.41, 5.74) is 0. The van der Waals surface area contributed by atoms with Gasteiger partial charge in [-0.05, 0) is 12.3 Å². The molecular formula is C8H11NO2. The molecule has 2 bridgehead atoms. The lowest BCUT2D eigenvalue weighted by Gasteiger charge is -2.16. The topological polar surface area (TPSA) is 43.1 Å². The maximum Gasteiger partial charge on any atom is 0.222 e. The van der Waals surface area contributed by atoms with E-state index in [2.05, 4.69) is 6.08 Å². The van der Waals surface area contributed by atoms with Crippen LogP contribution in [0.1, 0.15) is 13.3 Å². The van der Waals surface area contributed by atoms with Gasteiger partial charge in [0, 0.05) is 16.8 Å². The fourth-order valence-electron chi connectivity index (χ4n) is 2.39. The van der Waals surface area contributed by atoms with Gasteiger partial charge in [-0.1, -0.05) is 19.1 Å². The van der Waals surface area contributed by atoms with E-state index >= 15 is 0 Å². The summed E-state index contributed by atoms with van der Waals surface area (Å²) in [7, 11) is 0. The Morgan fingerprint density at radius 3 is 2.45 bits per heavy atom. The Labute approximate surface area is 65.2 Å². The van der Waals surface area contributed by atoms with E-state index in [0.29, 0.717) is 5.92 Å². The first-order chi connectivity index (χ1) is 5.20. The molecule has 0 radical (unpaired) electrons. The second-order valence-electron chi connectivity index (χ2n) is 3.58. The van der Waals surface area contributed by atoms with Gasteiger partial charge in [-0.15, -0.1) is 0 Å². The molecule has 0 spiro atoms. The van der Waals surface area contributed by atoms with E-state index in [-0.39, 0.29) is 22.8 Å². The Kier molecular flexibility index (Phi) is 1.28. The molecule has 0 N–H and O–H groups in total. The van der Waals surface area contributed by atoms with E-state index in [4.69, 9.17) is 0 Å². The second kappa shape index (κ2) is 2.06. The second-order valence-corrected chi connectivity index (χ2v) is 3.58. The zero-order valence-electron chi connectivity index (χ0n) is 6.43. The van der Waals surface area contributed by atoms with Crippen molar-refractivity contribution in [3.63, 3.8) is 0 Å². The first-order valence-electron chi connectivity index (χ1n) is 4.02. The first kappa shape index (κ1) is 6.83. The predicted octanol–water partition coefficient (Wildman–Crippen LogP) is 1.47. The molecule has 1 fully saturated rings. The van der Waals surface area contributed by atoms with E-state index in [1.165, 1.54) is 0 Å². The summed E-state index contributed by atoms with van der Waals surface area (Å²) >= 11 is 0. The average molecular weight is 153 g/mol. The van der Waals surface area contributed by atoms with Gasteiger partial charge in [0.2, 0.25) is 6.04 Å². The molecule has 0 aromatic carbocycles. The highest BCUT2D eigenvalue weighted by atomic mass is 16.6. The summed E-state index contributed by atoms with van der Waals surface area (Å²) in [6, 6.07) is -0.301. The summed E-state index contributed by atoms with van der Waals surface area (Å²) in [6.07, 6.45) is 5.15. The number of nitro groups is 1. The number of allylic oxidation sites excluding steroid dienone is 1. The van der Waals surface area contributed by atoms with Gasteiger partial charge in [-0.2, -0.15) is 0 Å². The van der Waals surface area contributed by atoms with Gasteiger partial charge in [0.25, 0.3) is 0 Å². The number of hydrogen-bond donors (Lipinski definition) is 0. The standard InChI is InChI=1S/C8H11NO2/c1-5-6-2-3-7(4-6)8(5)9(10)11/h2-3,5-8H,4H2,1H3. The number of nitrogens with zero attached hydrogens (tertiary/aromatic N) is 1. The maximum absolute atomic E-state index is 10.6. The Morgan fingerprint density at radius 1 is 1.45 bits per heavy atom. The number of fused-ring (bicyclic) bond motifs is 2. The van der Waals surface area contributed by atoms with Crippen LogP contribution in [0.25, 0.3) is 0 Å². The number of hydrogen-bond acceptors (Lipinski definition) is 2. The Morgan fingerprint density at radius 2 is 2.09 bits per heavy atom. The van der Waals surface area contributed by atoms with Crippen molar-refractivity contribution in [3.05, 3.63) is 22.3 Å². The maximum atomic E-state index is 10.6. The van der Waals surface area contributed by atoms with Gasteiger partial charge in [0.1, 0.15) is 0 Å². The highest BCUT2D eigenvalue weighted by molar-refractivity contribution is 5.13. The molecule has 60 valence electrons. The van der Waals surface area contributed by atoms with Crippen LogP contribution in [0.4, 0.5) is 0 Å². The molecule has 2 rings (SSSR count). The van der Waals surface area contributed by atoms with Crippen LogP contribution >= 0.6 is 0 Å². The molecule has 0 heterocycles. The van der Waals surface area contributed by atoms with E-state index in [9.17, 15) is 10.1 Å². The zero-order chi connectivity index (χ0) is 8.01. The minimum Gasteiger partial charge on any atom is -0.264 e. The molecule has 4 atom stereocenters. The van der Waals surface area contributed by atoms with Crippen molar-refractivity contribution in [1.29, 1.82) is 0 Å². The highest BCUT2D eigenvalue weighted by Crippen LogP contribution is 2.44. The van der Waals surface area contributed by atoms with Crippen molar-refractivity contribution >= 4 is 0 Å². The summed E-state index contributed by atoms with van der Waals surface area (Å²) in [5.74, 6) is 0.959. The third-order valence-corrected chi connectivity index (χ3v) is 3.05. The predicted molar refractivity (Wildman–Crippen MR) is 40.7 cm³/mol. The fourth-order valence-corrected chi connectivity index (χ4v) is 2.39. The minimum atomic E-state index is -0.301. The van der Waals surface area contributed by atoms with Crippen molar-refractivity contribution < 1.29 is 4.92 Å². The summed E-state index contributed by atoms with van der Waals surface area (Å²) in [4.78, 5) is 10.5. The Hall–Kier alpha value is -0.860. The van der Waals surface area contributed by atoms with Crippen molar-refractivity contribution in [3.8, 4) is 0 Å². The van der Waals surface area contributed by atoms with Crippen LogP contribution in [-0.2, 0) is 0 Å². The first-order valence-corrected chi connectivity index (χ1v) is 4.02. The molecule has 0 amide bonds. The van der Waals surface area contributed by atoms with Crippen molar-refractivity contribution in [2.75, 3.05) is 0 Å². The molecule has 2 aliphatic rings. The summed E-state index contributed by atoms with van der Waals surface area (Å²) in [5, 5.41) is 10.6. The minimum absolute atomic E-state index is 0.112. The van der Waals surface area contributed by atoms with E-state index in [0.717, 1.165) is 6.42 Å². The fraction of sp³-hybridized carbons (Fsp3) is 0.750. The molecule has 3 nitrogen and oxygen atoms in total. The molecule has 0 aliphatic heterocycles. The molecule has 11 heavy (non-hydrogen) atoms. The zero-order valence-corrected chi connectivity index (χ0v) is 6.43. The highest BCUT2D eigenvalue weighted by Gasteiger charge is 2.49.